The van der Waals surface area contributed by atoms with Crippen LogP contribution in [0.15, 0.2) is 12.1 Å². The minimum absolute atomic E-state index is 0.123. The number of hydrogen-bond acceptors (Lipinski definition) is 3. The number of nitrogens with zero attached hydrogens (tertiary/aromatic N) is 2. The molecule has 3 nitrogen and oxygen atoms in total. The SMILES string of the molecule is COc1cc(C(C)C)c(N2[C]N(C)[C@H](C(C)(C)C)[C@H]2C(C)(C)C)cc1C. The van der Waals surface area contributed by atoms with E-state index in [9.17, 15) is 0 Å². The molecule has 1 aromatic carbocycles. The molecule has 3 heteroatoms. The van der Waals surface area contributed by atoms with Crippen molar-refractivity contribution in [1.29, 1.82) is 0 Å². The molecule has 0 unspecified atom stereocenters. The second-order valence-corrected chi connectivity index (χ2v) is 10.2. The van der Waals surface area contributed by atoms with E-state index in [4.69, 9.17) is 4.74 Å². The van der Waals surface area contributed by atoms with Gasteiger partial charge in [0.2, 0.25) is 0 Å². The maximum atomic E-state index is 5.59. The number of ether oxygens (including phenoxy) is 1. The molecule has 1 heterocycles. The van der Waals surface area contributed by atoms with Crippen molar-refractivity contribution < 1.29 is 4.74 Å². The van der Waals surface area contributed by atoms with Crippen LogP contribution in [0.1, 0.15) is 72.4 Å². The summed E-state index contributed by atoms with van der Waals surface area (Å²) in [6.07, 6.45) is 0. The molecule has 1 saturated heterocycles. The molecule has 0 aliphatic carbocycles. The zero-order valence-electron chi connectivity index (χ0n) is 18.7. The molecule has 2 rings (SSSR count). The highest BCUT2D eigenvalue weighted by Crippen LogP contribution is 2.47. The van der Waals surface area contributed by atoms with Gasteiger partial charge in [0.15, 0.2) is 6.67 Å². The van der Waals surface area contributed by atoms with Gasteiger partial charge in [0.25, 0.3) is 0 Å². The van der Waals surface area contributed by atoms with Gasteiger partial charge in [0, 0.05) is 11.7 Å². The first-order valence-electron chi connectivity index (χ1n) is 9.76. The van der Waals surface area contributed by atoms with E-state index in [-0.39, 0.29) is 10.8 Å². The first-order valence-corrected chi connectivity index (χ1v) is 9.76. The number of hydrogen-bond donors (Lipinski definition) is 0. The van der Waals surface area contributed by atoms with Gasteiger partial charge in [-0.15, -0.1) is 0 Å². The maximum absolute atomic E-state index is 5.59. The second-order valence-electron chi connectivity index (χ2n) is 10.2. The summed E-state index contributed by atoms with van der Waals surface area (Å²) < 4.78 is 5.59. The number of aryl methyl sites for hydroxylation is 1. The average Bonchev–Trinajstić information content (AvgIpc) is 2.84. The van der Waals surface area contributed by atoms with Crippen LogP contribution in [0, 0.1) is 24.4 Å². The lowest BCUT2D eigenvalue weighted by molar-refractivity contribution is 0.126. The Hall–Kier alpha value is -1.22. The smallest absolute Gasteiger partial charge is 0.177 e. The molecule has 26 heavy (non-hydrogen) atoms. The van der Waals surface area contributed by atoms with Gasteiger partial charge in [-0.25, -0.2) is 0 Å². The fourth-order valence-corrected chi connectivity index (χ4v) is 4.35. The largest absolute Gasteiger partial charge is 0.496 e. The Morgan fingerprint density at radius 2 is 1.54 bits per heavy atom. The molecule has 2 atom stereocenters. The highest BCUT2D eigenvalue weighted by molar-refractivity contribution is 5.63. The minimum Gasteiger partial charge on any atom is -0.496 e. The van der Waals surface area contributed by atoms with Crippen molar-refractivity contribution in [3.8, 4) is 5.75 Å². The van der Waals surface area contributed by atoms with Gasteiger partial charge in [-0.3, -0.25) is 4.90 Å². The molecule has 2 radical (unpaired) electrons. The normalized spacial score (nSPS) is 22.4. The lowest BCUT2D eigenvalue weighted by Crippen LogP contribution is -2.51. The first kappa shape index (κ1) is 21.1. The number of methoxy groups -OCH3 is 1. The molecule has 1 aliphatic rings. The van der Waals surface area contributed by atoms with E-state index in [1.165, 1.54) is 16.8 Å². The summed E-state index contributed by atoms with van der Waals surface area (Å²) in [5, 5.41) is 0. The third-order valence-electron chi connectivity index (χ3n) is 5.46. The molecular weight excluding hydrogens is 320 g/mol. The van der Waals surface area contributed by atoms with Gasteiger partial charge in [-0.05, 0) is 54.0 Å². The molecule has 1 fully saturated rings. The summed E-state index contributed by atoms with van der Waals surface area (Å²) in [6, 6.07) is 5.22. The van der Waals surface area contributed by atoms with Gasteiger partial charge in [-0.1, -0.05) is 55.4 Å². The van der Waals surface area contributed by atoms with E-state index in [1.807, 2.05) is 0 Å². The Kier molecular flexibility index (Phi) is 5.73. The molecular formula is C23H38N2O. The van der Waals surface area contributed by atoms with Gasteiger partial charge in [0.05, 0.1) is 13.2 Å². The van der Waals surface area contributed by atoms with Crippen LogP contribution in [0.4, 0.5) is 5.69 Å². The van der Waals surface area contributed by atoms with Crippen LogP contribution >= 0.6 is 0 Å². The van der Waals surface area contributed by atoms with Crippen LogP contribution in [0.5, 0.6) is 5.75 Å². The highest BCUT2D eigenvalue weighted by Gasteiger charge is 2.50. The predicted octanol–water partition coefficient (Wildman–Crippen LogP) is 5.70. The van der Waals surface area contributed by atoms with E-state index in [1.54, 1.807) is 7.11 Å². The molecule has 1 aromatic rings. The summed E-state index contributed by atoms with van der Waals surface area (Å²) in [5.74, 6) is 1.38. The number of benzene rings is 1. The Bertz CT molecular complexity index is 637. The summed E-state index contributed by atoms with van der Waals surface area (Å²) >= 11 is 0. The van der Waals surface area contributed by atoms with Crippen molar-refractivity contribution in [2.24, 2.45) is 10.8 Å². The van der Waals surface area contributed by atoms with E-state index in [0.29, 0.717) is 18.0 Å². The van der Waals surface area contributed by atoms with Gasteiger partial charge >= 0.3 is 0 Å². The molecule has 0 spiro atoms. The molecule has 0 bridgehead atoms. The molecule has 0 amide bonds. The van der Waals surface area contributed by atoms with Crippen molar-refractivity contribution in [2.75, 3.05) is 19.1 Å². The molecule has 1 aliphatic heterocycles. The Balaban J connectivity index is 2.64. The summed E-state index contributed by atoms with van der Waals surface area (Å²) in [4.78, 5) is 4.69. The predicted molar refractivity (Wildman–Crippen MR) is 112 cm³/mol. The lowest BCUT2D eigenvalue weighted by atomic mass is 9.72. The Morgan fingerprint density at radius 3 is 1.96 bits per heavy atom. The van der Waals surface area contributed by atoms with Crippen molar-refractivity contribution in [1.82, 2.24) is 4.90 Å². The molecule has 146 valence electrons. The summed E-state index contributed by atoms with van der Waals surface area (Å²) in [5.41, 5.74) is 4.03. The van der Waals surface area contributed by atoms with E-state index >= 15 is 0 Å². The number of anilines is 1. The first-order chi connectivity index (χ1) is 11.8. The lowest BCUT2D eigenvalue weighted by Gasteiger charge is -2.44. The van der Waals surface area contributed by atoms with Crippen molar-refractivity contribution in [2.45, 2.75) is 80.3 Å². The van der Waals surface area contributed by atoms with Crippen LogP contribution in [0.3, 0.4) is 0 Å². The second kappa shape index (κ2) is 7.07. The van der Waals surface area contributed by atoms with Crippen LogP contribution in [0.25, 0.3) is 0 Å². The van der Waals surface area contributed by atoms with E-state index in [0.717, 1.165) is 5.75 Å². The average molecular weight is 359 g/mol. The van der Waals surface area contributed by atoms with E-state index in [2.05, 4.69) is 98.0 Å². The fourth-order valence-electron chi connectivity index (χ4n) is 4.35. The van der Waals surface area contributed by atoms with Crippen LogP contribution in [-0.2, 0) is 0 Å². The van der Waals surface area contributed by atoms with Gasteiger partial charge < -0.3 is 9.64 Å². The van der Waals surface area contributed by atoms with Crippen LogP contribution in [0.2, 0.25) is 0 Å². The molecule has 0 aromatic heterocycles. The monoisotopic (exact) mass is 358 g/mol. The Morgan fingerprint density at radius 1 is 1.00 bits per heavy atom. The molecule has 0 saturated carbocycles. The fraction of sp³-hybridized carbons (Fsp3) is 0.696. The van der Waals surface area contributed by atoms with Crippen molar-refractivity contribution in [3.05, 3.63) is 29.9 Å². The highest BCUT2D eigenvalue weighted by atomic mass is 16.5. The van der Waals surface area contributed by atoms with E-state index < -0.39 is 0 Å². The third-order valence-corrected chi connectivity index (χ3v) is 5.46. The van der Waals surface area contributed by atoms with Gasteiger partial charge in [0.1, 0.15) is 5.75 Å². The standard InChI is InChI=1S/C23H38N2O/c1-15(2)17-13-19(26-11)16(3)12-18(17)25-14-24(10)20(22(4,5)6)21(25)23(7,8)9/h12-13,15,20-21H,1-11H3/t20-,21-/m0/s1. The van der Waals surface area contributed by atoms with Crippen molar-refractivity contribution in [3.63, 3.8) is 0 Å². The minimum atomic E-state index is 0.123. The third kappa shape index (κ3) is 3.88. The molecule has 0 N–H and O–H groups in total. The zero-order chi connectivity index (χ0) is 20.0. The zero-order valence-corrected chi connectivity index (χ0v) is 18.7. The number of rotatable bonds is 3. The van der Waals surface area contributed by atoms with Crippen LogP contribution in [-0.4, -0.2) is 31.1 Å². The summed E-state index contributed by atoms with van der Waals surface area (Å²) in [6.45, 7) is 24.3. The Labute approximate surface area is 161 Å². The van der Waals surface area contributed by atoms with Gasteiger partial charge in [-0.2, -0.15) is 0 Å². The van der Waals surface area contributed by atoms with Crippen LogP contribution < -0.4 is 9.64 Å². The number of likely N-dealkylation sites (N-methyl/N-ethyl adjacent to an activating group) is 1. The maximum Gasteiger partial charge on any atom is 0.177 e. The quantitative estimate of drug-likeness (QED) is 0.689. The topological polar surface area (TPSA) is 15.7 Å². The summed E-state index contributed by atoms with van der Waals surface area (Å²) in [7, 11) is 3.92. The van der Waals surface area contributed by atoms with Crippen molar-refractivity contribution >= 4 is 5.69 Å².